The van der Waals surface area contributed by atoms with Crippen molar-refractivity contribution >= 4 is 16.9 Å². The summed E-state index contributed by atoms with van der Waals surface area (Å²) in [6, 6.07) is 15.5. The predicted octanol–water partition coefficient (Wildman–Crippen LogP) is 4.39. The Morgan fingerprint density at radius 2 is 1.77 bits per heavy atom. The number of amides is 1. The van der Waals surface area contributed by atoms with Gasteiger partial charge < -0.3 is 19.5 Å². The number of ether oxygens (including phenoxy) is 3. The second-order valence-electron chi connectivity index (χ2n) is 8.24. The van der Waals surface area contributed by atoms with Gasteiger partial charge >= 0.3 is 0 Å². The molecular formula is C27H30N4O4. The van der Waals surface area contributed by atoms with Crippen LogP contribution >= 0.6 is 0 Å². The van der Waals surface area contributed by atoms with E-state index in [1.54, 1.807) is 31.3 Å². The number of benzene rings is 2. The lowest BCUT2D eigenvalue weighted by atomic mass is 10.2. The molecule has 0 atom stereocenters. The van der Waals surface area contributed by atoms with Gasteiger partial charge in [-0.25, -0.2) is 9.67 Å². The Labute approximate surface area is 204 Å². The van der Waals surface area contributed by atoms with Crippen molar-refractivity contribution in [2.24, 2.45) is 0 Å². The van der Waals surface area contributed by atoms with Crippen molar-refractivity contribution in [3.63, 3.8) is 0 Å². The van der Waals surface area contributed by atoms with Crippen LogP contribution in [0.4, 0.5) is 0 Å². The van der Waals surface area contributed by atoms with E-state index in [-0.39, 0.29) is 5.91 Å². The molecule has 2 heterocycles. The number of aryl methyl sites for hydroxylation is 1. The zero-order valence-electron chi connectivity index (χ0n) is 20.3. The number of methoxy groups -OCH3 is 2. The molecule has 182 valence electrons. The molecule has 0 fully saturated rings. The van der Waals surface area contributed by atoms with Gasteiger partial charge in [0.1, 0.15) is 17.2 Å². The van der Waals surface area contributed by atoms with Crippen molar-refractivity contribution in [2.75, 3.05) is 27.4 Å². The Morgan fingerprint density at radius 1 is 0.971 bits per heavy atom. The summed E-state index contributed by atoms with van der Waals surface area (Å²) in [5.41, 5.74) is 3.37. The molecule has 35 heavy (non-hydrogen) atoms. The molecule has 0 aliphatic carbocycles. The summed E-state index contributed by atoms with van der Waals surface area (Å²) in [6.07, 6.45) is 4.99. The van der Waals surface area contributed by atoms with Gasteiger partial charge in [-0.2, -0.15) is 5.10 Å². The average molecular weight is 475 g/mol. The smallest absolute Gasteiger partial charge is 0.252 e. The third kappa shape index (κ3) is 6.09. The number of rotatable bonds is 11. The number of carbonyl (C=O) groups excluding carboxylic acids is 1. The molecule has 0 aliphatic rings. The van der Waals surface area contributed by atoms with Crippen LogP contribution in [0.15, 0.2) is 60.9 Å². The first kappa shape index (κ1) is 24.1. The van der Waals surface area contributed by atoms with Crippen LogP contribution in [0.2, 0.25) is 0 Å². The molecule has 2 aromatic heterocycles. The summed E-state index contributed by atoms with van der Waals surface area (Å²) < 4.78 is 18.3. The number of nitrogens with one attached hydrogen (secondary N) is 1. The van der Waals surface area contributed by atoms with Gasteiger partial charge in [-0.15, -0.1) is 0 Å². The first-order chi connectivity index (χ1) is 17.1. The van der Waals surface area contributed by atoms with E-state index in [9.17, 15) is 4.79 Å². The Hall–Kier alpha value is -4.07. The van der Waals surface area contributed by atoms with Crippen LogP contribution in [0.5, 0.6) is 17.2 Å². The second kappa shape index (κ2) is 11.4. The molecule has 4 rings (SSSR count). The van der Waals surface area contributed by atoms with Crippen molar-refractivity contribution in [2.45, 2.75) is 26.3 Å². The Morgan fingerprint density at radius 3 is 2.54 bits per heavy atom. The lowest BCUT2D eigenvalue weighted by Gasteiger charge is -2.11. The van der Waals surface area contributed by atoms with Gasteiger partial charge in [-0.05, 0) is 50.1 Å². The molecule has 0 aliphatic heterocycles. The number of unbranched alkanes of at least 4 members (excludes halogenated alkanes) is 1. The van der Waals surface area contributed by atoms with E-state index in [4.69, 9.17) is 14.2 Å². The monoisotopic (exact) mass is 474 g/mol. The van der Waals surface area contributed by atoms with Gasteiger partial charge in [-0.1, -0.05) is 17.7 Å². The van der Waals surface area contributed by atoms with Crippen LogP contribution in [0.25, 0.3) is 11.0 Å². The normalized spacial score (nSPS) is 10.8. The molecule has 8 nitrogen and oxygen atoms in total. The van der Waals surface area contributed by atoms with Crippen molar-refractivity contribution < 1.29 is 19.0 Å². The fraction of sp³-hybridized carbons (Fsp3) is 0.296. The fourth-order valence-corrected chi connectivity index (χ4v) is 3.71. The summed E-state index contributed by atoms with van der Waals surface area (Å²) >= 11 is 0. The number of hydrogen-bond donors (Lipinski definition) is 1. The maximum atomic E-state index is 12.6. The SMILES string of the molecule is COc1ccc(Cn2ncc3cc(C(=O)NCCCCOc4ccc(C)cc4)cnc32)c(OC)c1. The molecule has 8 heteroatoms. The first-order valence-corrected chi connectivity index (χ1v) is 11.6. The maximum absolute atomic E-state index is 12.6. The van der Waals surface area contributed by atoms with Gasteiger partial charge in [0.05, 0.1) is 39.1 Å². The maximum Gasteiger partial charge on any atom is 0.252 e. The number of aromatic nitrogens is 3. The van der Waals surface area contributed by atoms with Gasteiger partial charge in [-0.3, -0.25) is 4.79 Å². The Balaban J connectivity index is 1.29. The van der Waals surface area contributed by atoms with E-state index in [0.717, 1.165) is 35.3 Å². The van der Waals surface area contributed by atoms with E-state index >= 15 is 0 Å². The average Bonchev–Trinajstić information content (AvgIpc) is 3.29. The zero-order valence-corrected chi connectivity index (χ0v) is 20.3. The Bertz CT molecular complexity index is 1280. The summed E-state index contributed by atoms with van der Waals surface area (Å²) in [4.78, 5) is 17.1. The van der Waals surface area contributed by atoms with Crippen molar-refractivity contribution in [1.82, 2.24) is 20.1 Å². The predicted molar refractivity (Wildman–Crippen MR) is 134 cm³/mol. The van der Waals surface area contributed by atoms with Crippen LogP contribution < -0.4 is 19.5 Å². The highest BCUT2D eigenvalue weighted by Gasteiger charge is 2.12. The highest BCUT2D eigenvalue weighted by atomic mass is 16.5. The molecule has 4 aromatic rings. The molecule has 0 radical (unpaired) electrons. The highest BCUT2D eigenvalue weighted by molar-refractivity contribution is 5.96. The molecule has 1 N–H and O–H groups in total. The highest BCUT2D eigenvalue weighted by Crippen LogP contribution is 2.26. The van der Waals surface area contributed by atoms with E-state index in [1.165, 1.54) is 5.56 Å². The summed E-state index contributed by atoms with van der Waals surface area (Å²) in [6.45, 7) is 3.72. The van der Waals surface area contributed by atoms with E-state index in [1.807, 2.05) is 55.5 Å². The number of carbonyl (C=O) groups is 1. The summed E-state index contributed by atoms with van der Waals surface area (Å²) in [7, 11) is 3.24. The number of nitrogens with zero attached hydrogens (tertiary/aromatic N) is 3. The standard InChI is InChI=1S/C27H30N4O4/c1-19-6-9-23(10-7-19)35-13-5-4-12-28-27(32)22-14-21-17-30-31(26(21)29-16-22)18-20-8-11-24(33-2)15-25(20)34-3/h6-11,14-17H,4-5,12-13,18H2,1-3H3,(H,28,32). The van der Waals surface area contributed by atoms with Crippen LogP contribution in [0.1, 0.15) is 34.3 Å². The largest absolute Gasteiger partial charge is 0.497 e. The molecular weight excluding hydrogens is 444 g/mol. The van der Waals surface area contributed by atoms with Crippen molar-refractivity contribution in [3.8, 4) is 17.2 Å². The number of hydrogen-bond acceptors (Lipinski definition) is 6. The molecule has 2 aromatic carbocycles. The Kier molecular flexibility index (Phi) is 7.82. The lowest BCUT2D eigenvalue weighted by Crippen LogP contribution is -2.24. The lowest BCUT2D eigenvalue weighted by molar-refractivity contribution is 0.0952. The minimum atomic E-state index is -0.150. The number of pyridine rings is 1. The second-order valence-corrected chi connectivity index (χ2v) is 8.24. The molecule has 0 unspecified atom stereocenters. The molecule has 0 saturated heterocycles. The van der Waals surface area contributed by atoms with Gasteiger partial charge in [0.15, 0.2) is 5.65 Å². The fourth-order valence-electron chi connectivity index (χ4n) is 3.71. The van der Waals surface area contributed by atoms with Crippen LogP contribution in [-0.2, 0) is 6.54 Å². The van der Waals surface area contributed by atoms with Gasteiger partial charge in [0.25, 0.3) is 5.91 Å². The third-order valence-electron chi connectivity index (χ3n) is 5.70. The van der Waals surface area contributed by atoms with Crippen LogP contribution in [-0.4, -0.2) is 48.0 Å². The minimum Gasteiger partial charge on any atom is -0.497 e. The topological polar surface area (TPSA) is 87.5 Å². The molecule has 0 saturated carbocycles. The van der Waals surface area contributed by atoms with Gasteiger partial charge in [0, 0.05) is 29.8 Å². The molecule has 0 bridgehead atoms. The van der Waals surface area contributed by atoms with Crippen LogP contribution in [0, 0.1) is 6.92 Å². The minimum absolute atomic E-state index is 0.150. The summed E-state index contributed by atoms with van der Waals surface area (Å²) in [5, 5.41) is 8.21. The summed E-state index contributed by atoms with van der Waals surface area (Å²) in [5.74, 6) is 2.16. The van der Waals surface area contributed by atoms with Crippen molar-refractivity contribution in [3.05, 3.63) is 77.6 Å². The molecule has 1 amide bonds. The quantitative estimate of drug-likeness (QED) is 0.324. The third-order valence-corrected chi connectivity index (χ3v) is 5.70. The molecule has 0 spiro atoms. The number of fused-ring (bicyclic) bond motifs is 1. The van der Waals surface area contributed by atoms with Crippen molar-refractivity contribution in [1.29, 1.82) is 0 Å². The van der Waals surface area contributed by atoms with E-state index in [0.29, 0.717) is 36.7 Å². The van der Waals surface area contributed by atoms with Crippen LogP contribution in [0.3, 0.4) is 0 Å². The van der Waals surface area contributed by atoms with Gasteiger partial charge in [0.2, 0.25) is 0 Å². The van der Waals surface area contributed by atoms with E-state index in [2.05, 4.69) is 15.4 Å². The van der Waals surface area contributed by atoms with E-state index < -0.39 is 0 Å². The zero-order chi connectivity index (χ0) is 24.6. The first-order valence-electron chi connectivity index (χ1n) is 11.6.